The minimum Gasteiger partial charge on any atom is -0.481 e. The van der Waals surface area contributed by atoms with Crippen LogP contribution in [0.15, 0.2) is 54.7 Å². The van der Waals surface area contributed by atoms with Crippen LogP contribution in [-0.2, 0) is 16.6 Å². The van der Waals surface area contributed by atoms with Crippen LogP contribution in [0.3, 0.4) is 0 Å². The lowest BCUT2D eigenvalue weighted by atomic mass is 9.97. The number of methoxy groups -OCH3 is 1. The van der Waals surface area contributed by atoms with Crippen molar-refractivity contribution in [1.82, 2.24) is 4.98 Å². The van der Waals surface area contributed by atoms with Crippen LogP contribution in [0.25, 0.3) is 23.3 Å². The first-order valence-electron chi connectivity index (χ1n) is 8.94. The molecular formula is C22H19ClN2O3S. The van der Waals surface area contributed by atoms with E-state index in [2.05, 4.69) is 4.98 Å². The maximum absolute atomic E-state index is 12.5. The highest BCUT2D eigenvalue weighted by molar-refractivity contribution is 7.92. The molecule has 148 valence electrons. The minimum atomic E-state index is -3.47. The van der Waals surface area contributed by atoms with Gasteiger partial charge in [-0.2, -0.15) is 0 Å². The highest BCUT2D eigenvalue weighted by atomic mass is 35.5. The fraction of sp³-hybridized carbons (Fsp3) is 0.136. The smallest absolute Gasteiger partial charge is 0.232 e. The largest absolute Gasteiger partial charge is 0.481 e. The van der Waals surface area contributed by atoms with Crippen LogP contribution in [0.2, 0.25) is 5.02 Å². The summed E-state index contributed by atoms with van der Waals surface area (Å²) >= 11 is 6.14. The van der Waals surface area contributed by atoms with Gasteiger partial charge in [-0.05, 0) is 47.0 Å². The number of ether oxygens (including phenoxy) is 1. The second-order valence-electron chi connectivity index (χ2n) is 6.81. The number of rotatable bonds is 3. The predicted octanol–water partition coefficient (Wildman–Crippen LogP) is 4.86. The van der Waals surface area contributed by atoms with E-state index in [1.165, 1.54) is 10.6 Å². The first-order valence-corrected chi connectivity index (χ1v) is 11.2. The lowest BCUT2D eigenvalue weighted by Crippen LogP contribution is -2.30. The highest BCUT2D eigenvalue weighted by Gasteiger charge is 2.23. The van der Waals surface area contributed by atoms with E-state index in [1.807, 2.05) is 42.5 Å². The van der Waals surface area contributed by atoms with E-state index >= 15 is 0 Å². The van der Waals surface area contributed by atoms with Crippen LogP contribution in [0.1, 0.15) is 16.7 Å². The minimum absolute atomic E-state index is 0.244. The van der Waals surface area contributed by atoms with E-state index in [9.17, 15) is 8.42 Å². The van der Waals surface area contributed by atoms with Crippen molar-refractivity contribution in [2.75, 3.05) is 17.7 Å². The molecule has 7 heteroatoms. The molecule has 0 atom stereocenters. The van der Waals surface area contributed by atoms with Gasteiger partial charge in [-0.1, -0.05) is 35.9 Å². The maximum atomic E-state index is 12.5. The predicted molar refractivity (Wildman–Crippen MR) is 118 cm³/mol. The fourth-order valence-corrected chi connectivity index (χ4v) is 4.42. The first kappa shape index (κ1) is 19.5. The number of hydrogen-bond donors (Lipinski definition) is 0. The van der Waals surface area contributed by atoms with Gasteiger partial charge in [0.25, 0.3) is 0 Å². The number of halogens is 1. The summed E-state index contributed by atoms with van der Waals surface area (Å²) in [6, 6.07) is 14.9. The number of sulfonamides is 1. The number of aromatic nitrogens is 1. The third-order valence-electron chi connectivity index (χ3n) is 4.84. The summed E-state index contributed by atoms with van der Waals surface area (Å²) in [7, 11) is -1.89. The molecule has 4 rings (SSSR count). The molecule has 0 bridgehead atoms. The van der Waals surface area contributed by atoms with Gasteiger partial charge in [0.15, 0.2) is 0 Å². The number of pyridine rings is 1. The van der Waals surface area contributed by atoms with Crippen LogP contribution in [0, 0.1) is 0 Å². The zero-order valence-corrected chi connectivity index (χ0v) is 17.5. The molecule has 0 spiro atoms. The zero-order valence-electron chi connectivity index (χ0n) is 16.0. The van der Waals surface area contributed by atoms with Crippen LogP contribution >= 0.6 is 11.6 Å². The molecule has 0 radical (unpaired) electrons. The van der Waals surface area contributed by atoms with Crippen molar-refractivity contribution in [3.8, 4) is 17.0 Å². The van der Waals surface area contributed by atoms with Gasteiger partial charge in [-0.25, -0.2) is 13.4 Å². The molecule has 0 unspecified atom stereocenters. The van der Waals surface area contributed by atoms with Crippen molar-refractivity contribution >= 4 is 39.5 Å². The van der Waals surface area contributed by atoms with Crippen LogP contribution < -0.4 is 9.04 Å². The van der Waals surface area contributed by atoms with Gasteiger partial charge in [-0.15, -0.1) is 0 Å². The summed E-state index contributed by atoms with van der Waals surface area (Å²) in [4.78, 5) is 4.26. The molecule has 2 heterocycles. The van der Waals surface area contributed by atoms with Gasteiger partial charge in [-0.3, -0.25) is 4.31 Å². The van der Waals surface area contributed by atoms with Crippen LogP contribution in [-0.4, -0.2) is 26.8 Å². The molecule has 1 aliphatic rings. The van der Waals surface area contributed by atoms with Crippen molar-refractivity contribution < 1.29 is 13.2 Å². The monoisotopic (exact) mass is 426 g/mol. The Morgan fingerprint density at radius 2 is 1.76 bits per heavy atom. The molecule has 2 aromatic carbocycles. The van der Waals surface area contributed by atoms with Gasteiger partial charge in [0.05, 0.1) is 25.6 Å². The van der Waals surface area contributed by atoms with Gasteiger partial charge in [0.1, 0.15) is 0 Å². The molecule has 0 saturated heterocycles. The molecule has 3 aromatic rings. The molecule has 1 aliphatic heterocycles. The maximum Gasteiger partial charge on any atom is 0.232 e. The lowest BCUT2D eigenvalue weighted by molar-refractivity contribution is 0.398. The Bertz CT molecular complexity index is 1210. The van der Waals surface area contributed by atoms with Gasteiger partial charge in [0.2, 0.25) is 15.9 Å². The van der Waals surface area contributed by atoms with Crippen LogP contribution in [0.4, 0.5) is 5.69 Å². The Morgan fingerprint density at radius 3 is 2.45 bits per heavy atom. The lowest BCUT2D eigenvalue weighted by Gasteiger charge is -2.27. The fourth-order valence-electron chi connectivity index (χ4n) is 3.35. The van der Waals surface area contributed by atoms with E-state index in [4.69, 9.17) is 16.3 Å². The second-order valence-corrected chi connectivity index (χ2v) is 9.15. The Morgan fingerprint density at radius 1 is 1.00 bits per heavy atom. The standard InChI is InChI=1S/C22H19ClN2O3S/c1-28-22-10-7-18(13-24-22)15-4-6-19-14-25(29(2,26)27)21-9-8-20(23)12-17(21)5-3-16(19)11-15/h3-13H,14H2,1-2H3/b5-3-. The second kappa shape index (κ2) is 7.54. The molecule has 0 amide bonds. The molecule has 29 heavy (non-hydrogen) atoms. The van der Waals surface area contributed by atoms with Gasteiger partial charge < -0.3 is 4.74 Å². The molecule has 0 saturated carbocycles. The molecule has 0 aliphatic carbocycles. The van der Waals surface area contributed by atoms with E-state index < -0.39 is 10.0 Å². The van der Waals surface area contributed by atoms with Gasteiger partial charge >= 0.3 is 0 Å². The van der Waals surface area contributed by atoms with Crippen LogP contribution in [0.5, 0.6) is 5.88 Å². The zero-order chi connectivity index (χ0) is 20.6. The summed E-state index contributed by atoms with van der Waals surface area (Å²) in [6.45, 7) is 0.244. The topological polar surface area (TPSA) is 59.5 Å². The Labute approximate surface area is 175 Å². The Balaban J connectivity index is 1.83. The summed E-state index contributed by atoms with van der Waals surface area (Å²) in [6.07, 6.45) is 6.86. The summed E-state index contributed by atoms with van der Waals surface area (Å²) in [5, 5.41) is 0.556. The summed E-state index contributed by atoms with van der Waals surface area (Å²) in [5.41, 5.74) is 5.16. The third kappa shape index (κ3) is 3.99. The molecule has 0 N–H and O–H groups in total. The Hall–Kier alpha value is -2.83. The van der Waals surface area contributed by atoms with E-state index in [0.717, 1.165) is 27.8 Å². The van der Waals surface area contributed by atoms with Crippen molar-refractivity contribution in [2.45, 2.75) is 6.54 Å². The van der Waals surface area contributed by atoms with Crippen molar-refractivity contribution in [3.05, 3.63) is 76.4 Å². The first-order chi connectivity index (χ1) is 13.8. The molecule has 0 fully saturated rings. The van der Waals surface area contributed by atoms with Crippen molar-refractivity contribution in [3.63, 3.8) is 0 Å². The average Bonchev–Trinajstić information content (AvgIpc) is 2.69. The number of fused-ring (bicyclic) bond motifs is 2. The van der Waals surface area contributed by atoms with E-state index in [1.54, 1.807) is 31.5 Å². The molecule has 5 nitrogen and oxygen atoms in total. The Kier molecular flexibility index (Phi) is 5.06. The van der Waals surface area contributed by atoms with E-state index in [-0.39, 0.29) is 6.54 Å². The molecular weight excluding hydrogens is 408 g/mol. The summed E-state index contributed by atoms with van der Waals surface area (Å²) in [5.74, 6) is 0.553. The van der Waals surface area contributed by atoms with E-state index in [0.29, 0.717) is 16.6 Å². The third-order valence-corrected chi connectivity index (χ3v) is 6.20. The van der Waals surface area contributed by atoms with Crippen molar-refractivity contribution in [2.24, 2.45) is 0 Å². The number of anilines is 1. The van der Waals surface area contributed by atoms with Crippen molar-refractivity contribution in [1.29, 1.82) is 0 Å². The summed E-state index contributed by atoms with van der Waals surface area (Å²) < 4.78 is 31.5. The quantitative estimate of drug-likeness (QED) is 0.600. The van der Waals surface area contributed by atoms with Gasteiger partial charge in [0, 0.05) is 28.4 Å². The average molecular weight is 427 g/mol. The normalized spacial score (nSPS) is 14.4. The number of hydrogen-bond acceptors (Lipinski definition) is 4. The number of benzene rings is 2. The number of nitrogens with zero attached hydrogens (tertiary/aromatic N) is 2. The SMILES string of the molecule is COc1ccc(-c2ccc3c(c2)/C=C\c2cc(Cl)ccc2N(S(C)(=O)=O)C3)cn1. The highest BCUT2D eigenvalue weighted by Crippen LogP contribution is 2.33. The molecule has 1 aromatic heterocycles.